The van der Waals surface area contributed by atoms with E-state index < -0.39 is 5.91 Å². The Hall–Kier alpha value is -3.42. The topological polar surface area (TPSA) is 86.5 Å². The number of nitrogens with one attached hydrogen (secondary N) is 1. The van der Waals surface area contributed by atoms with Crippen molar-refractivity contribution in [3.63, 3.8) is 0 Å². The Bertz CT molecular complexity index is 879. The highest BCUT2D eigenvalue weighted by molar-refractivity contribution is 5.89. The predicted octanol–water partition coefficient (Wildman–Crippen LogP) is 3.22. The van der Waals surface area contributed by atoms with E-state index in [0.29, 0.717) is 24.7 Å². The third kappa shape index (κ3) is 5.53. The van der Waals surface area contributed by atoms with E-state index in [0.717, 1.165) is 11.3 Å². The fourth-order valence-electron chi connectivity index (χ4n) is 2.26. The standard InChI is InChI=1S/C19H18FN3O4/c1-2-25-15-7-9-16(10-8-15)26-12-17(24)21-19-23-22-18(27-19)11-13-3-5-14(20)6-4-13/h3-10H,2,11-12H2,1H3,(H,21,23,24). The van der Waals surface area contributed by atoms with E-state index in [1.165, 1.54) is 12.1 Å². The van der Waals surface area contributed by atoms with Crippen LogP contribution >= 0.6 is 0 Å². The third-order valence-corrected chi connectivity index (χ3v) is 3.49. The van der Waals surface area contributed by atoms with E-state index in [4.69, 9.17) is 13.9 Å². The van der Waals surface area contributed by atoms with E-state index in [1.807, 2.05) is 6.92 Å². The summed E-state index contributed by atoms with van der Waals surface area (Å²) in [5.74, 6) is 0.833. The Morgan fingerprint density at radius 3 is 2.37 bits per heavy atom. The molecule has 3 rings (SSSR count). The summed E-state index contributed by atoms with van der Waals surface area (Å²) in [6.07, 6.45) is 0.339. The molecule has 0 saturated heterocycles. The lowest BCUT2D eigenvalue weighted by Crippen LogP contribution is -2.20. The zero-order valence-electron chi connectivity index (χ0n) is 14.6. The maximum Gasteiger partial charge on any atom is 0.322 e. The van der Waals surface area contributed by atoms with E-state index in [-0.39, 0.29) is 18.4 Å². The smallest absolute Gasteiger partial charge is 0.322 e. The summed E-state index contributed by atoms with van der Waals surface area (Å²) in [4.78, 5) is 11.9. The predicted molar refractivity (Wildman–Crippen MR) is 95.2 cm³/mol. The van der Waals surface area contributed by atoms with Gasteiger partial charge in [-0.3, -0.25) is 10.1 Å². The van der Waals surface area contributed by atoms with Crippen LogP contribution in [0.1, 0.15) is 18.4 Å². The van der Waals surface area contributed by atoms with Gasteiger partial charge in [0.25, 0.3) is 5.91 Å². The molecule has 7 nitrogen and oxygen atoms in total. The van der Waals surface area contributed by atoms with Crippen LogP contribution in [-0.2, 0) is 11.2 Å². The normalized spacial score (nSPS) is 10.4. The number of carbonyl (C=O) groups excluding carboxylic acids is 1. The van der Waals surface area contributed by atoms with Gasteiger partial charge >= 0.3 is 6.01 Å². The first-order chi connectivity index (χ1) is 13.1. The number of rotatable bonds is 8. The van der Waals surface area contributed by atoms with Gasteiger partial charge in [-0.25, -0.2) is 4.39 Å². The molecule has 0 fully saturated rings. The van der Waals surface area contributed by atoms with Crippen molar-refractivity contribution >= 4 is 11.9 Å². The summed E-state index contributed by atoms with van der Waals surface area (Å²) in [6, 6.07) is 12.9. The first-order valence-corrected chi connectivity index (χ1v) is 8.34. The second-order valence-electron chi connectivity index (χ2n) is 5.55. The maximum atomic E-state index is 12.9. The highest BCUT2D eigenvalue weighted by Gasteiger charge is 2.11. The van der Waals surface area contributed by atoms with Crippen molar-refractivity contribution in [3.8, 4) is 11.5 Å². The molecule has 0 aliphatic rings. The van der Waals surface area contributed by atoms with Crippen LogP contribution in [0.5, 0.6) is 11.5 Å². The van der Waals surface area contributed by atoms with Crippen LogP contribution in [0.25, 0.3) is 0 Å². The number of hydrogen-bond donors (Lipinski definition) is 1. The highest BCUT2D eigenvalue weighted by atomic mass is 19.1. The molecule has 2 aromatic carbocycles. The van der Waals surface area contributed by atoms with Gasteiger partial charge in [-0.05, 0) is 48.9 Å². The average Bonchev–Trinajstić information content (AvgIpc) is 3.10. The molecule has 0 radical (unpaired) electrons. The zero-order chi connectivity index (χ0) is 19.1. The van der Waals surface area contributed by atoms with Crippen molar-refractivity contribution in [1.29, 1.82) is 0 Å². The lowest BCUT2D eigenvalue weighted by atomic mass is 10.1. The van der Waals surface area contributed by atoms with E-state index in [9.17, 15) is 9.18 Å². The van der Waals surface area contributed by atoms with Gasteiger partial charge in [-0.2, -0.15) is 0 Å². The quantitative estimate of drug-likeness (QED) is 0.654. The third-order valence-electron chi connectivity index (χ3n) is 3.49. The molecule has 0 spiro atoms. The summed E-state index contributed by atoms with van der Waals surface area (Å²) < 4.78 is 29.0. The van der Waals surface area contributed by atoms with Crippen LogP contribution in [-0.4, -0.2) is 29.3 Å². The molecule has 0 aliphatic heterocycles. The number of carbonyl (C=O) groups is 1. The van der Waals surface area contributed by atoms with E-state index in [2.05, 4.69) is 15.5 Å². The molecule has 0 atom stereocenters. The Balaban J connectivity index is 1.48. The Labute approximate surface area is 155 Å². The van der Waals surface area contributed by atoms with Gasteiger partial charge < -0.3 is 13.9 Å². The van der Waals surface area contributed by atoms with Gasteiger partial charge in [0.15, 0.2) is 6.61 Å². The number of nitrogens with zero attached hydrogens (tertiary/aromatic N) is 2. The molecule has 27 heavy (non-hydrogen) atoms. The van der Waals surface area contributed by atoms with Crippen molar-refractivity contribution in [2.24, 2.45) is 0 Å². The van der Waals surface area contributed by atoms with Gasteiger partial charge in [-0.15, -0.1) is 5.10 Å². The average molecular weight is 371 g/mol. The maximum absolute atomic E-state index is 12.9. The summed E-state index contributed by atoms with van der Waals surface area (Å²) in [5, 5.41) is 10.1. The minimum atomic E-state index is -0.430. The lowest BCUT2D eigenvalue weighted by molar-refractivity contribution is -0.118. The fourth-order valence-corrected chi connectivity index (χ4v) is 2.26. The first kappa shape index (κ1) is 18.4. The monoisotopic (exact) mass is 371 g/mol. The SMILES string of the molecule is CCOc1ccc(OCC(=O)Nc2nnc(Cc3ccc(F)cc3)o2)cc1. The van der Waals surface area contributed by atoms with Gasteiger partial charge in [0, 0.05) is 0 Å². The molecule has 1 aromatic heterocycles. The number of aromatic nitrogens is 2. The van der Waals surface area contributed by atoms with Crippen LogP contribution in [0.4, 0.5) is 10.4 Å². The minimum Gasteiger partial charge on any atom is -0.494 e. The summed E-state index contributed by atoms with van der Waals surface area (Å²) in [5.41, 5.74) is 0.816. The molecule has 0 bridgehead atoms. The van der Waals surface area contributed by atoms with Crippen LogP contribution in [0.15, 0.2) is 52.9 Å². The molecule has 1 N–H and O–H groups in total. The Kier molecular flexibility index (Phi) is 5.98. The summed E-state index contributed by atoms with van der Waals surface area (Å²) >= 11 is 0. The number of ether oxygens (including phenoxy) is 2. The number of hydrogen-bond acceptors (Lipinski definition) is 6. The van der Waals surface area contributed by atoms with Crippen molar-refractivity contribution in [2.75, 3.05) is 18.5 Å². The Morgan fingerprint density at radius 2 is 1.70 bits per heavy atom. The second kappa shape index (κ2) is 8.79. The molecular formula is C19H18FN3O4. The van der Waals surface area contributed by atoms with Crippen molar-refractivity contribution in [2.45, 2.75) is 13.3 Å². The van der Waals surface area contributed by atoms with Crippen molar-refractivity contribution in [1.82, 2.24) is 10.2 Å². The highest BCUT2D eigenvalue weighted by Crippen LogP contribution is 2.17. The van der Waals surface area contributed by atoms with Gasteiger partial charge in [0.2, 0.25) is 5.89 Å². The molecule has 0 unspecified atom stereocenters. The zero-order valence-corrected chi connectivity index (χ0v) is 14.6. The lowest BCUT2D eigenvalue weighted by Gasteiger charge is -2.07. The molecule has 0 saturated carbocycles. The molecule has 3 aromatic rings. The molecule has 8 heteroatoms. The van der Waals surface area contributed by atoms with E-state index >= 15 is 0 Å². The molecule has 1 heterocycles. The van der Waals surface area contributed by atoms with Crippen LogP contribution < -0.4 is 14.8 Å². The number of amides is 1. The first-order valence-electron chi connectivity index (χ1n) is 8.34. The van der Waals surface area contributed by atoms with Gasteiger partial charge in [-0.1, -0.05) is 17.2 Å². The second-order valence-corrected chi connectivity index (χ2v) is 5.55. The fraction of sp³-hybridized carbons (Fsp3) is 0.211. The minimum absolute atomic E-state index is 0.0209. The van der Waals surface area contributed by atoms with Gasteiger partial charge in [0.1, 0.15) is 17.3 Å². The molecule has 1 amide bonds. The van der Waals surface area contributed by atoms with Crippen LogP contribution in [0.2, 0.25) is 0 Å². The Morgan fingerprint density at radius 1 is 1.04 bits per heavy atom. The van der Waals surface area contributed by atoms with Crippen molar-refractivity contribution in [3.05, 3.63) is 65.8 Å². The summed E-state index contributed by atoms with van der Waals surface area (Å²) in [7, 11) is 0. The van der Waals surface area contributed by atoms with Gasteiger partial charge in [0.05, 0.1) is 13.0 Å². The number of benzene rings is 2. The molecule has 140 valence electrons. The van der Waals surface area contributed by atoms with E-state index in [1.54, 1.807) is 36.4 Å². The summed E-state index contributed by atoms with van der Waals surface area (Å²) in [6.45, 7) is 2.27. The molecule has 0 aliphatic carbocycles. The molecular weight excluding hydrogens is 353 g/mol. The van der Waals surface area contributed by atoms with Crippen LogP contribution in [0, 0.1) is 5.82 Å². The van der Waals surface area contributed by atoms with Crippen molar-refractivity contribution < 1.29 is 23.1 Å². The number of anilines is 1. The van der Waals surface area contributed by atoms with Crippen LogP contribution in [0.3, 0.4) is 0 Å². The largest absolute Gasteiger partial charge is 0.494 e. The number of halogens is 1.